The van der Waals surface area contributed by atoms with Gasteiger partial charge in [-0.15, -0.1) is 0 Å². The molecule has 0 saturated carbocycles. The molecule has 0 bridgehead atoms. The summed E-state index contributed by atoms with van der Waals surface area (Å²) in [6.45, 7) is 13.7. The molecule has 0 saturated heterocycles. The number of rotatable bonds is 4. The molecule has 0 aliphatic carbocycles. The maximum atomic E-state index is 13.3. The monoisotopic (exact) mass is 394 g/mol. The van der Waals surface area contributed by atoms with Gasteiger partial charge in [0.05, 0.1) is 11.4 Å². The predicted octanol–water partition coefficient (Wildman–Crippen LogP) is 3.81. The molecule has 144 valence electrons. The van der Waals surface area contributed by atoms with Crippen LogP contribution in [0.25, 0.3) is 5.69 Å². The number of nitrogens with zero attached hydrogens (tertiary/aromatic N) is 3. The molecule has 0 spiro atoms. The first-order valence-electron chi connectivity index (χ1n) is 8.60. The van der Waals surface area contributed by atoms with Crippen LogP contribution in [0.2, 0.25) is 18.1 Å². The van der Waals surface area contributed by atoms with Gasteiger partial charge in [0, 0.05) is 6.07 Å². The van der Waals surface area contributed by atoms with Gasteiger partial charge in [-0.1, -0.05) is 39.0 Å². The third-order valence-corrected chi connectivity index (χ3v) is 12.2. The minimum absolute atomic E-state index is 0.0872. The fraction of sp³-hybridized carbons (Fsp3) is 0.500. The SMILES string of the molecule is CC(C)(O)c1cc(S(N)(=O)=N[Si](C)(C)C(C)(C)C)nn1-c1ccccc1. The van der Waals surface area contributed by atoms with Crippen molar-refractivity contribution < 1.29 is 9.32 Å². The van der Waals surface area contributed by atoms with Crippen molar-refractivity contribution in [3.63, 3.8) is 0 Å². The Morgan fingerprint density at radius 3 is 2.15 bits per heavy atom. The molecule has 8 heteroatoms. The van der Waals surface area contributed by atoms with Crippen LogP contribution in [-0.4, -0.2) is 27.3 Å². The third kappa shape index (κ3) is 4.25. The van der Waals surface area contributed by atoms with E-state index in [0.29, 0.717) is 5.69 Å². The molecule has 6 nitrogen and oxygen atoms in total. The normalized spacial score (nSPS) is 15.6. The number of nitrogens with two attached hydrogens (primary N) is 1. The van der Waals surface area contributed by atoms with Gasteiger partial charge in [0.2, 0.25) is 0 Å². The topological polar surface area (TPSA) is 93.5 Å². The second kappa shape index (κ2) is 6.60. The Balaban J connectivity index is 2.69. The predicted molar refractivity (Wildman–Crippen MR) is 109 cm³/mol. The van der Waals surface area contributed by atoms with Crippen molar-refractivity contribution in [3.05, 3.63) is 42.1 Å². The van der Waals surface area contributed by atoms with Crippen LogP contribution in [-0.2, 0) is 15.5 Å². The molecule has 0 fully saturated rings. The van der Waals surface area contributed by atoms with Crippen molar-refractivity contribution >= 4 is 18.2 Å². The summed E-state index contributed by atoms with van der Waals surface area (Å²) >= 11 is 0. The van der Waals surface area contributed by atoms with Crippen LogP contribution in [0.5, 0.6) is 0 Å². The molecule has 0 amide bonds. The molecule has 2 rings (SSSR count). The van der Waals surface area contributed by atoms with E-state index in [1.54, 1.807) is 24.6 Å². The second-order valence-electron chi connectivity index (χ2n) is 8.64. The molecule has 0 radical (unpaired) electrons. The fourth-order valence-electron chi connectivity index (χ4n) is 2.23. The number of para-hydroxylation sites is 1. The average molecular weight is 395 g/mol. The van der Waals surface area contributed by atoms with Crippen molar-refractivity contribution in [2.75, 3.05) is 0 Å². The maximum Gasteiger partial charge on any atom is 0.195 e. The van der Waals surface area contributed by atoms with Crippen molar-refractivity contribution in [3.8, 4) is 5.69 Å². The number of hydrogen-bond acceptors (Lipinski definition) is 4. The zero-order valence-electron chi connectivity index (χ0n) is 16.6. The lowest BCUT2D eigenvalue weighted by Gasteiger charge is -2.32. The minimum Gasteiger partial charge on any atom is -0.384 e. The maximum absolute atomic E-state index is 13.3. The quantitative estimate of drug-likeness (QED) is 0.772. The Morgan fingerprint density at radius 2 is 1.69 bits per heavy atom. The van der Waals surface area contributed by atoms with E-state index in [1.165, 1.54) is 0 Å². The van der Waals surface area contributed by atoms with E-state index in [4.69, 9.17) is 5.14 Å². The Kier molecular flexibility index (Phi) is 5.28. The van der Waals surface area contributed by atoms with Crippen molar-refractivity contribution in [1.29, 1.82) is 0 Å². The van der Waals surface area contributed by atoms with Gasteiger partial charge in [-0.3, -0.25) is 4.03 Å². The highest BCUT2D eigenvalue weighted by molar-refractivity contribution is 7.92. The summed E-state index contributed by atoms with van der Waals surface area (Å²) in [7, 11) is -5.42. The van der Waals surface area contributed by atoms with Crippen molar-refractivity contribution in [2.45, 2.75) is 63.4 Å². The number of aromatic nitrogens is 2. The minimum atomic E-state index is -3.18. The molecule has 1 atom stereocenters. The van der Waals surface area contributed by atoms with Gasteiger partial charge in [0.15, 0.2) is 13.3 Å². The van der Waals surface area contributed by atoms with E-state index in [-0.39, 0.29) is 10.1 Å². The van der Waals surface area contributed by atoms with Crippen LogP contribution < -0.4 is 5.14 Å². The van der Waals surface area contributed by atoms with Crippen LogP contribution in [0.1, 0.15) is 40.3 Å². The third-order valence-electron chi connectivity index (χ3n) is 4.81. The first-order valence-corrected chi connectivity index (χ1v) is 13.1. The first-order chi connectivity index (χ1) is 11.7. The van der Waals surface area contributed by atoms with Gasteiger partial charge < -0.3 is 5.11 Å². The van der Waals surface area contributed by atoms with Crippen LogP contribution in [0.15, 0.2) is 45.5 Å². The van der Waals surface area contributed by atoms with E-state index in [0.717, 1.165) is 5.69 Å². The lowest BCUT2D eigenvalue weighted by atomic mass is 10.1. The second-order valence-corrected chi connectivity index (χ2v) is 15.5. The highest BCUT2D eigenvalue weighted by Crippen LogP contribution is 2.38. The summed E-state index contributed by atoms with van der Waals surface area (Å²) in [6.07, 6.45) is 0. The van der Waals surface area contributed by atoms with Crippen LogP contribution >= 0.6 is 0 Å². The highest BCUT2D eigenvalue weighted by atomic mass is 32.2. The Morgan fingerprint density at radius 1 is 1.15 bits per heavy atom. The van der Waals surface area contributed by atoms with E-state index in [2.05, 4.69) is 29.9 Å². The summed E-state index contributed by atoms with van der Waals surface area (Å²) in [5.41, 5.74) is 0.105. The molecule has 1 aromatic heterocycles. The van der Waals surface area contributed by atoms with Gasteiger partial charge in [-0.25, -0.2) is 14.0 Å². The standard InChI is InChI=1S/C18H30N4O2SSi/c1-17(2,3)26(6,7)21-25(19,24)16-13-15(18(4,5)23)22(20-16)14-11-9-8-10-12-14/h8-13,23H,1-7H3,(H2,19,21,24). The summed E-state index contributed by atoms with van der Waals surface area (Å²) in [6, 6.07) is 11.0. The number of benzene rings is 1. The van der Waals surface area contributed by atoms with Gasteiger partial charge in [0.1, 0.15) is 15.5 Å². The van der Waals surface area contributed by atoms with E-state index < -0.39 is 23.8 Å². The van der Waals surface area contributed by atoms with Crippen LogP contribution in [0.4, 0.5) is 0 Å². The van der Waals surface area contributed by atoms with E-state index in [1.807, 2.05) is 43.4 Å². The summed E-state index contributed by atoms with van der Waals surface area (Å²) in [5, 5.41) is 21.3. The molecule has 0 aliphatic heterocycles. The summed E-state index contributed by atoms with van der Waals surface area (Å²) in [4.78, 5) is 0. The van der Waals surface area contributed by atoms with Gasteiger partial charge in [-0.05, 0) is 44.1 Å². The lowest BCUT2D eigenvalue weighted by Crippen LogP contribution is -2.37. The Labute approximate surface area is 157 Å². The zero-order valence-corrected chi connectivity index (χ0v) is 18.5. The highest BCUT2D eigenvalue weighted by Gasteiger charge is 2.38. The van der Waals surface area contributed by atoms with E-state index in [9.17, 15) is 9.32 Å². The number of hydrogen-bond donors (Lipinski definition) is 2. The molecule has 3 N–H and O–H groups in total. The molecule has 1 aromatic carbocycles. The first kappa shape index (κ1) is 20.8. The molecule has 1 unspecified atom stereocenters. The lowest BCUT2D eigenvalue weighted by molar-refractivity contribution is 0.0711. The van der Waals surface area contributed by atoms with Crippen LogP contribution in [0.3, 0.4) is 0 Å². The molecule has 0 aliphatic rings. The van der Waals surface area contributed by atoms with Crippen molar-refractivity contribution in [2.24, 2.45) is 9.17 Å². The van der Waals surface area contributed by atoms with Gasteiger partial charge >= 0.3 is 0 Å². The zero-order chi connectivity index (χ0) is 20.0. The smallest absolute Gasteiger partial charge is 0.195 e. The average Bonchev–Trinajstić information content (AvgIpc) is 2.92. The molecule has 2 aromatic rings. The molecular weight excluding hydrogens is 364 g/mol. The van der Waals surface area contributed by atoms with E-state index >= 15 is 0 Å². The summed E-state index contributed by atoms with van der Waals surface area (Å²) in [5.74, 6) is 0. The molecular formula is C18H30N4O2SSi. The Hall–Kier alpha value is -1.48. The molecule has 1 heterocycles. The largest absolute Gasteiger partial charge is 0.384 e. The van der Waals surface area contributed by atoms with Crippen molar-refractivity contribution in [1.82, 2.24) is 9.78 Å². The van der Waals surface area contributed by atoms with Gasteiger partial charge in [0.25, 0.3) is 0 Å². The Bertz CT molecular complexity index is 900. The van der Waals surface area contributed by atoms with Crippen LogP contribution in [0, 0.1) is 0 Å². The molecule has 26 heavy (non-hydrogen) atoms. The van der Waals surface area contributed by atoms with Gasteiger partial charge in [-0.2, -0.15) is 5.10 Å². The summed E-state index contributed by atoms with van der Waals surface area (Å²) < 4.78 is 19.4. The fourth-order valence-corrected chi connectivity index (χ4v) is 6.89. The number of aliphatic hydroxyl groups is 1.